The molecular weight excluding hydrogens is 460 g/mol. The molecule has 1 aromatic heterocycles. The normalized spacial score (nSPS) is 18.1. The van der Waals surface area contributed by atoms with Crippen LogP contribution in [0.25, 0.3) is 0 Å². The number of carboxylic acid groups (broad SMARTS) is 1. The number of nitrogens with one attached hydrogen (secondary N) is 2. The highest BCUT2D eigenvalue weighted by atomic mass is 16.4. The third-order valence-electron chi connectivity index (χ3n) is 6.05. The van der Waals surface area contributed by atoms with E-state index in [4.69, 9.17) is 10.8 Å². The summed E-state index contributed by atoms with van der Waals surface area (Å²) < 4.78 is 0. The van der Waals surface area contributed by atoms with Gasteiger partial charge in [-0.25, -0.2) is 9.79 Å². The molecule has 0 aliphatic carbocycles. The maximum atomic E-state index is 13.5. The predicted octanol–water partition coefficient (Wildman–Crippen LogP) is 2.26. The number of rotatable bonds is 12. The van der Waals surface area contributed by atoms with E-state index in [0.29, 0.717) is 32.4 Å². The summed E-state index contributed by atoms with van der Waals surface area (Å²) >= 11 is 0. The number of hydrogen-bond donors (Lipinski definition) is 4. The van der Waals surface area contributed by atoms with E-state index in [9.17, 15) is 14.4 Å². The van der Waals surface area contributed by atoms with Crippen LogP contribution in [0.3, 0.4) is 0 Å². The topological polar surface area (TPSA) is 150 Å². The molecule has 3 rings (SSSR count). The first-order valence-electron chi connectivity index (χ1n) is 12.1. The number of benzene rings is 1. The molecule has 36 heavy (non-hydrogen) atoms. The SMILES string of the molecule is CC(C)CC1(c2ccccc2)N=C(N)N(CCCCNC(=O)[C@H](Cc2ccncc2)NC(=O)O)C1=O. The molecule has 2 heterocycles. The molecule has 0 saturated carbocycles. The molecule has 0 bridgehead atoms. The Morgan fingerprint density at radius 2 is 1.81 bits per heavy atom. The molecule has 192 valence electrons. The second kappa shape index (κ2) is 12.1. The number of nitrogens with zero attached hydrogens (tertiary/aromatic N) is 3. The third-order valence-corrected chi connectivity index (χ3v) is 6.05. The van der Waals surface area contributed by atoms with Gasteiger partial charge in [0.1, 0.15) is 6.04 Å². The second-order valence-electron chi connectivity index (χ2n) is 9.31. The van der Waals surface area contributed by atoms with Crippen molar-refractivity contribution in [3.63, 3.8) is 0 Å². The lowest BCUT2D eigenvalue weighted by Crippen LogP contribution is -2.48. The number of amides is 3. The zero-order valence-electron chi connectivity index (χ0n) is 20.7. The van der Waals surface area contributed by atoms with E-state index >= 15 is 0 Å². The Morgan fingerprint density at radius 1 is 1.11 bits per heavy atom. The Balaban J connectivity index is 1.54. The van der Waals surface area contributed by atoms with E-state index in [1.807, 2.05) is 30.3 Å². The van der Waals surface area contributed by atoms with E-state index in [-0.39, 0.29) is 24.2 Å². The molecule has 3 amide bonds. The number of aliphatic imine (C=N–C) groups is 1. The van der Waals surface area contributed by atoms with Crippen molar-refractivity contribution in [1.29, 1.82) is 0 Å². The van der Waals surface area contributed by atoms with Gasteiger partial charge in [-0.1, -0.05) is 44.2 Å². The third kappa shape index (κ3) is 6.59. The number of unbranched alkanes of at least 4 members (excludes halogenated alkanes) is 1. The largest absolute Gasteiger partial charge is 0.465 e. The smallest absolute Gasteiger partial charge is 0.405 e. The molecule has 1 aliphatic rings. The molecule has 0 radical (unpaired) electrons. The van der Waals surface area contributed by atoms with E-state index in [1.165, 1.54) is 4.90 Å². The molecule has 0 spiro atoms. The lowest BCUT2D eigenvalue weighted by molar-refractivity contribution is -0.132. The van der Waals surface area contributed by atoms with Crippen molar-refractivity contribution in [2.45, 2.75) is 51.1 Å². The van der Waals surface area contributed by atoms with Crippen LogP contribution < -0.4 is 16.4 Å². The van der Waals surface area contributed by atoms with Crippen LogP contribution >= 0.6 is 0 Å². The summed E-state index contributed by atoms with van der Waals surface area (Å²) in [6.45, 7) is 4.82. The number of guanidine groups is 1. The minimum atomic E-state index is -1.27. The minimum Gasteiger partial charge on any atom is -0.465 e. The lowest BCUT2D eigenvalue weighted by atomic mass is 9.82. The van der Waals surface area contributed by atoms with Crippen molar-refractivity contribution >= 4 is 23.9 Å². The summed E-state index contributed by atoms with van der Waals surface area (Å²) in [6, 6.07) is 12.0. The van der Waals surface area contributed by atoms with Gasteiger partial charge in [-0.3, -0.25) is 19.5 Å². The number of aromatic nitrogens is 1. The Bertz CT molecular complexity index is 1080. The fourth-order valence-corrected chi connectivity index (χ4v) is 4.43. The van der Waals surface area contributed by atoms with E-state index in [1.54, 1.807) is 24.5 Å². The molecule has 5 N–H and O–H groups in total. The molecule has 10 nitrogen and oxygen atoms in total. The van der Waals surface area contributed by atoms with Crippen LogP contribution in [0.1, 0.15) is 44.2 Å². The Morgan fingerprint density at radius 3 is 2.44 bits per heavy atom. The molecule has 0 fully saturated rings. The standard InChI is InChI=1S/C26H34N6O4/c1-18(2)17-26(20-8-4-3-5-9-20)23(34)32(24(27)31-26)15-7-6-12-29-22(33)21(30-25(35)36)16-19-10-13-28-14-11-19/h3-5,8-11,13-14,18,21,30H,6-7,12,15-17H2,1-2H3,(H2,27,31)(H,29,33)(H,35,36)/t21-,26?/m0/s1. The summed E-state index contributed by atoms with van der Waals surface area (Å²) in [5.74, 6) is -0.100. The van der Waals surface area contributed by atoms with E-state index in [0.717, 1.165) is 11.1 Å². The van der Waals surface area contributed by atoms with Crippen LogP contribution in [-0.2, 0) is 21.5 Å². The van der Waals surface area contributed by atoms with E-state index < -0.39 is 23.6 Å². The van der Waals surface area contributed by atoms with Crippen LogP contribution in [0, 0.1) is 5.92 Å². The van der Waals surface area contributed by atoms with Crippen LogP contribution in [0.15, 0.2) is 59.9 Å². The quantitative estimate of drug-likeness (QED) is 0.332. The number of carbonyl (C=O) groups is 3. The van der Waals surface area contributed by atoms with Crippen LogP contribution in [-0.4, -0.2) is 58.0 Å². The second-order valence-corrected chi connectivity index (χ2v) is 9.31. The van der Waals surface area contributed by atoms with Gasteiger partial charge in [0.15, 0.2) is 11.5 Å². The molecule has 0 saturated heterocycles. The average molecular weight is 495 g/mol. The maximum Gasteiger partial charge on any atom is 0.405 e. The Hall–Kier alpha value is -3.95. The zero-order chi connectivity index (χ0) is 26.1. The van der Waals surface area contributed by atoms with Crippen molar-refractivity contribution in [1.82, 2.24) is 20.5 Å². The summed E-state index contributed by atoms with van der Waals surface area (Å²) in [4.78, 5) is 47.3. The molecule has 1 aliphatic heterocycles. The van der Waals surface area contributed by atoms with Gasteiger partial charge in [0, 0.05) is 31.9 Å². The highest BCUT2D eigenvalue weighted by molar-refractivity contribution is 6.07. The van der Waals surface area contributed by atoms with Gasteiger partial charge in [0.05, 0.1) is 0 Å². The highest BCUT2D eigenvalue weighted by Gasteiger charge is 2.49. The van der Waals surface area contributed by atoms with Crippen LogP contribution in [0.4, 0.5) is 4.79 Å². The number of carbonyl (C=O) groups excluding carboxylic acids is 2. The predicted molar refractivity (Wildman–Crippen MR) is 136 cm³/mol. The van der Waals surface area contributed by atoms with E-state index in [2.05, 4.69) is 34.5 Å². The monoisotopic (exact) mass is 494 g/mol. The fourth-order valence-electron chi connectivity index (χ4n) is 4.43. The van der Waals surface area contributed by atoms with Crippen molar-refractivity contribution in [2.75, 3.05) is 13.1 Å². The molecule has 10 heteroatoms. The number of nitrogens with two attached hydrogens (primary N) is 1. The minimum absolute atomic E-state index is 0.132. The van der Waals surface area contributed by atoms with Gasteiger partial charge >= 0.3 is 6.09 Å². The molecule has 1 aromatic carbocycles. The first-order chi connectivity index (χ1) is 17.2. The first-order valence-corrected chi connectivity index (χ1v) is 12.1. The molecular formula is C26H34N6O4. The van der Waals surface area contributed by atoms with Gasteiger partial charge in [-0.05, 0) is 48.4 Å². The molecule has 2 aromatic rings. The van der Waals surface area contributed by atoms with Crippen LogP contribution in [0.5, 0.6) is 0 Å². The molecule has 1 unspecified atom stereocenters. The van der Waals surface area contributed by atoms with Gasteiger partial charge < -0.3 is 21.5 Å². The van der Waals surface area contributed by atoms with Gasteiger partial charge in [0.2, 0.25) is 5.91 Å². The Kier molecular flexibility index (Phi) is 8.99. The molecule has 2 atom stereocenters. The zero-order valence-corrected chi connectivity index (χ0v) is 20.7. The average Bonchev–Trinajstić information content (AvgIpc) is 3.08. The van der Waals surface area contributed by atoms with Crippen molar-refractivity contribution < 1.29 is 19.5 Å². The first kappa shape index (κ1) is 26.7. The number of pyridine rings is 1. The lowest BCUT2D eigenvalue weighted by Gasteiger charge is -2.28. The van der Waals surface area contributed by atoms with Crippen molar-refractivity contribution in [3.8, 4) is 0 Å². The highest BCUT2D eigenvalue weighted by Crippen LogP contribution is 2.38. The van der Waals surface area contributed by atoms with Crippen molar-refractivity contribution in [3.05, 3.63) is 66.0 Å². The summed E-state index contributed by atoms with van der Waals surface area (Å²) in [5.41, 5.74) is 6.80. The van der Waals surface area contributed by atoms with Crippen LogP contribution in [0.2, 0.25) is 0 Å². The van der Waals surface area contributed by atoms with Crippen molar-refractivity contribution in [2.24, 2.45) is 16.6 Å². The van der Waals surface area contributed by atoms with Gasteiger partial charge in [-0.15, -0.1) is 0 Å². The summed E-state index contributed by atoms with van der Waals surface area (Å²) in [5, 5.41) is 14.2. The fraction of sp³-hybridized carbons (Fsp3) is 0.423. The van der Waals surface area contributed by atoms with Gasteiger partial charge in [0.25, 0.3) is 5.91 Å². The van der Waals surface area contributed by atoms with Gasteiger partial charge in [-0.2, -0.15) is 0 Å². The Labute approximate surface area is 211 Å². The summed E-state index contributed by atoms with van der Waals surface area (Å²) in [7, 11) is 0. The maximum absolute atomic E-state index is 13.5. The summed E-state index contributed by atoms with van der Waals surface area (Å²) in [6.07, 6.45) is 3.86. The number of hydrogen-bond acceptors (Lipinski definition) is 6.